The van der Waals surface area contributed by atoms with E-state index in [2.05, 4.69) is 4.98 Å². The fraction of sp³-hybridized carbons (Fsp3) is 0.318. The third-order valence-electron chi connectivity index (χ3n) is 6.12. The van der Waals surface area contributed by atoms with E-state index in [-0.39, 0.29) is 17.9 Å². The summed E-state index contributed by atoms with van der Waals surface area (Å²) < 4.78 is 43.3. The smallest absolute Gasteiger partial charge is 0.307 e. The number of carbonyl (C=O) groups excluding carboxylic acids is 1. The van der Waals surface area contributed by atoms with Crippen molar-refractivity contribution in [3.63, 3.8) is 0 Å². The van der Waals surface area contributed by atoms with Crippen LogP contribution in [0.15, 0.2) is 47.6 Å². The highest BCUT2D eigenvalue weighted by Gasteiger charge is 2.44. The van der Waals surface area contributed by atoms with Crippen LogP contribution in [-0.2, 0) is 39.0 Å². The van der Waals surface area contributed by atoms with Crippen molar-refractivity contribution in [2.75, 3.05) is 6.54 Å². The lowest BCUT2D eigenvalue weighted by Crippen LogP contribution is -2.56. The predicted octanol–water partition coefficient (Wildman–Crippen LogP) is 1.68. The number of amides is 1. The Morgan fingerprint density at radius 3 is 2.61 bits per heavy atom. The molecule has 0 spiro atoms. The standard InChI is InChI=1S/C22H23FN4O5S/c1-22(27(12-20(24)28)33(31,32)15-4-2-14(23)3-5-15)8-6-18-17(10-21(29)30)16-7-9-25-11-19(16)26(18)13-22/h2-5,7,9,11H,6,8,10,12-13H2,1H3,(H2,24,28)(H,29,30). The molecule has 3 heterocycles. The molecule has 4 rings (SSSR count). The number of nitrogens with two attached hydrogens (primary N) is 1. The van der Waals surface area contributed by atoms with E-state index in [1.165, 1.54) is 0 Å². The molecule has 1 atom stereocenters. The van der Waals surface area contributed by atoms with Gasteiger partial charge < -0.3 is 15.4 Å². The van der Waals surface area contributed by atoms with Crippen LogP contribution in [0, 0.1) is 5.82 Å². The molecule has 0 radical (unpaired) electrons. The van der Waals surface area contributed by atoms with Crippen LogP contribution in [0.3, 0.4) is 0 Å². The number of pyridine rings is 1. The van der Waals surface area contributed by atoms with Gasteiger partial charge in [0.05, 0.1) is 35.1 Å². The van der Waals surface area contributed by atoms with Gasteiger partial charge in [-0.15, -0.1) is 0 Å². The Morgan fingerprint density at radius 1 is 1.27 bits per heavy atom. The Kier molecular flexibility index (Phi) is 5.71. The number of hydrogen-bond donors (Lipinski definition) is 2. The lowest BCUT2D eigenvalue weighted by atomic mass is 9.89. The maximum absolute atomic E-state index is 13.5. The fourth-order valence-electron chi connectivity index (χ4n) is 4.59. The highest BCUT2D eigenvalue weighted by molar-refractivity contribution is 7.89. The summed E-state index contributed by atoms with van der Waals surface area (Å²) in [5.74, 6) is -2.37. The number of rotatable bonds is 7. The average Bonchev–Trinajstić information content (AvgIpc) is 3.04. The van der Waals surface area contributed by atoms with Crippen LogP contribution in [0.25, 0.3) is 10.9 Å². The number of aliphatic carboxylic acids is 1. The molecule has 3 N–H and O–H groups in total. The van der Waals surface area contributed by atoms with E-state index in [4.69, 9.17) is 5.73 Å². The van der Waals surface area contributed by atoms with E-state index in [1.807, 2.05) is 4.57 Å². The molecule has 1 aliphatic heterocycles. The van der Waals surface area contributed by atoms with E-state index in [0.717, 1.165) is 39.7 Å². The molecule has 1 aliphatic rings. The van der Waals surface area contributed by atoms with Crippen molar-refractivity contribution in [3.8, 4) is 0 Å². The van der Waals surface area contributed by atoms with E-state index in [1.54, 1.807) is 25.4 Å². The van der Waals surface area contributed by atoms with Gasteiger partial charge in [0.1, 0.15) is 5.82 Å². The van der Waals surface area contributed by atoms with Crippen molar-refractivity contribution in [2.24, 2.45) is 5.73 Å². The van der Waals surface area contributed by atoms with Crippen LogP contribution in [0.5, 0.6) is 0 Å². The van der Waals surface area contributed by atoms with Crippen molar-refractivity contribution in [3.05, 3.63) is 59.8 Å². The first-order chi connectivity index (χ1) is 15.5. The van der Waals surface area contributed by atoms with Crippen molar-refractivity contribution < 1.29 is 27.5 Å². The molecule has 3 aromatic rings. The number of halogens is 1. The number of benzene rings is 1. The second-order valence-corrected chi connectivity index (χ2v) is 10.3. The lowest BCUT2D eigenvalue weighted by Gasteiger charge is -2.43. The van der Waals surface area contributed by atoms with Crippen molar-refractivity contribution >= 4 is 32.8 Å². The Morgan fingerprint density at radius 2 is 1.97 bits per heavy atom. The minimum Gasteiger partial charge on any atom is -0.481 e. The highest BCUT2D eigenvalue weighted by atomic mass is 32.2. The van der Waals surface area contributed by atoms with Gasteiger partial charge in [0.2, 0.25) is 15.9 Å². The summed E-state index contributed by atoms with van der Waals surface area (Å²) in [6.45, 7) is 1.34. The van der Waals surface area contributed by atoms with Crippen molar-refractivity contribution in [2.45, 2.75) is 43.2 Å². The minimum atomic E-state index is -4.20. The molecule has 174 valence electrons. The first-order valence-corrected chi connectivity index (χ1v) is 11.7. The monoisotopic (exact) mass is 474 g/mol. The number of sulfonamides is 1. The second kappa shape index (κ2) is 8.23. The summed E-state index contributed by atoms with van der Waals surface area (Å²) in [6.07, 6.45) is 3.75. The van der Waals surface area contributed by atoms with Gasteiger partial charge in [-0.05, 0) is 55.7 Å². The average molecular weight is 475 g/mol. The Bertz CT molecular complexity index is 1350. The molecule has 9 nitrogen and oxygen atoms in total. The van der Waals surface area contributed by atoms with Gasteiger partial charge in [-0.25, -0.2) is 12.8 Å². The molecule has 0 bridgehead atoms. The number of fused-ring (bicyclic) bond motifs is 3. The summed E-state index contributed by atoms with van der Waals surface area (Å²) in [6, 6.07) is 6.12. The van der Waals surface area contributed by atoms with Gasteiger partial charge in [-0.1, -0.05) is 0 Å². The molecule has 0 saturated heterocycles. The second-order valence-electron chi connectivity index (χ2n) is 8.40. The fourth-order valence-corrected chi connectivity index (χ4v) is 6.35. The quantitative estimate of drug-likeness (QED) is 0.535. The van der Waals surface area contributed by atoms with E-state index in [9.17, 15) is 27.5 Å². The van der Waals surface area contributed by atoms with Crippen LogP contribution in [0.4, 0.5) is 4.39 Å². The largest absolute Gasteiger partial charge is 0.481 e. The van der Waals surface area contributed by atoms with Crippen LogP contribution in [0.1, 0.15) is 24.6 Å². The van der Waals surface area contributed by atoms with Gasteiger partial charge in [0, 0.05) is 23.8 Å². The van der Waals surface area contributed by atoms with Gasteiger partial charge in [-0.2, -0.15) is 4.31 Å². The zero-order valence-corrected chi connectivity index (χ0v) is 18.7. The maximum atomic E-state index is 13.5. The molecule has 0 aliphatic carbocycles. The van der Waals surface area contributed by atoms with Gasteiger partial charge in [0.25, 0.3) is 0 Å². The summed E-state index contributed by atoms with van der Waals surface area (Å²) in [5.41, 5.74) is 6.52. The predicted molar refractivity (Wildman–Crippen MR) is 117 cm³/mol. The van der Waals surface area contributed by atoms with E-state index in [0.29, 0.717) is 23.9 Å². The number of nitrogens with zero attached hydrogens (tertiary/aromatic N) is 3. The number of primary amides is 1. The van der Waals surface area contributed by atoms with Crippen LogP contribution >= 0.6 is 0 Å². The Labute approximate surface area is 189 Å². The molecule has 0 saturated carbocycles. The number of carboxylic acid groups (broad SMARTS) is 1. The lowest BCUT2D eigenvalue weighted by molar-refractivity contribution is -0.136. The van der Waals surface area contributed by atoms with E-state index >= 15 is 0 Å². The normalized spacial score (nSPS) is 18.4. The molecule has 11 heteroatoms. The topological polar surface area (TPSA) is 136 Å². The molecule has 1 unspecified atom stereocenters. The molecule has 2 aromatic heterocycles. The van der Waals surface area contributed by atoms with Crippen LogP contribution in [0.2, 0.25) is 0 Å². The molecule has 0 fully saturated rings. The zero-order chi connectivity index (χ0) is 24.0. The van der Waals surface area contributed by atoms with Gasteiger partial charge >= 0.3 is 5.97 Å². The third kappa shape index (κ3) is 4.09. The van der Waals surface area contributed by atoms with Crippen LogP contribution in [-0.4, -0.2) is 51.3 Å². The van der Waals surface area contributed by atoms with Gasteiger partial charge in [0.15, 0.2) is 0 Å². The first-order valence-electron chi connectivity index (χ1n) is 10.3. The molecule has 1 amide bonds. The summed E-state index contributed by atoms with van der Waals surface area (Å²) in [4.78, 5) is 27.4. The molecule has 33 heavy (non-hydrogen) atoms. The molecular weight excluding hydrogens is 451 g/mol. The number of hydrogen-bond acceptors (Lipinski definition) is 5. The molecule has 1 aromatic carbocycles. The Balaban J connectivity index is 1.82. The number of carboxylic acids is 1. The zero-order valence-electron chi connectivity index (χ0n) is 17.9. The number of aromatic nitrogens is 2. The summed E-state index contributed by atoms with van der Waals surface area (Å²) >= 11 is 0. The SMILES string of the molecule is CC1(N(CC(N)=O)S(=O)(=O)c2ccc(F)cc2)CCc2c(CC(=O)O)c3ccncc3n2C1. The Hall–Kier alpha value is -3.31. The summed E-state index contributed by atoms with van der Waals surface area (Å²) in [5, 5.41) is 10.1. The van der Waals surface area contributed by atoms with Gasteiger partial charge in [-0.3, -0.25) is 14.6 Å². The van der Waals surface area contributed by atoms with Crippen molar-refractivity contribution in [1.29, 1.82) is 0 Å². The van der Waals surface area contributed by atoms with Crippen molar-refractivity contribution in [1.82, 2.24) is 13.9 Å². The van der Waals surface area contributed by atoms with Crippen LogP contribution < -0.4 is 5.73 Å². The third-order valence-corrected chi connectivity index (χ3v) is 8.14. The number of carbonyl (C=O) groups is 2. The highest BCUT2D eigenvalue weighted by Crippen LogP contribution is 2.38. The first kappa shape index (κ1) is 22.9. The minimum absolute atomic E-state index is 0.150. The molecular formula is C22H23FN4O5S. The maximum Gasteiger partial charge on any atom is 0.307 e. The van der Waals surface area contributed by atoms with E-state index < -0.39 is 39.8 Å². The summed E-state index contributed by atoms with van der Waals surface area (Å²) in [7, 11) is -4.20.